The summed E-state index contributed by atoms with van der Waals surface area (Å²) in [5, 5.41) is 3.74. The van der Waals surface area contributed by atoms with Crippen LogP contribution in [0.1, 0.15) is 29.3 Å². The number of aromatic nitrogens is 3. The Labute approximate surface area is 160 Å². The highest BCUT2D eigenvalue weighted by Crippen LogP contribution is 2.33. The van der Waals surface area contributed by atoms with Crippen LogP contribution < -0.4 is 15.6 Å². The second-order valence-electron chi connectivity index (χ2n) is 6.91. The predicted molar refractivity (Wildman–Crippen MR) is 105 cm³/mol. The van der Waals surface area contributed by atoms with Crippen molar-refractivity contribution in [2.45, 2.75) is 18.9 Å². The topological polar surface area (TPSA) is 88.5 Å². The van der Waals surface area contributed by atoms with Gasteiger partial charge in [0.15, 0.2) is 0 Å². The number of carbonyl (C=O) groups is 1. The zero-order valence-corrected chi connectivity index (χ0v) is 15.2. The number of hydrogen-bond donors (Lipinski definition) is 2. The maximum absolute atomic E-state index is 12.9. The van der Waals surface area contributed by atoms with Crippen LogP contribution in [0.3, 0.4) is 0 Å². The Morgan fingerprint density at radius 3 is 2.93 bits per heavy atom. The molecular weight excluding hydrogens is 356 g/mol. The molecule has 0 bridgehead atoms. The summed E-state index contributed by atoms with van der Waals surface area (Å²) in [6.07, 6.45) is 2.11. The molecule has 1 unspecified atom stereocenters. The SMILES string of the molecule is COc1ccc2[nH]c(=O)c(C3CC(=O)NCc4nc5ccccn5c43)cc2c1. The first-order valence-corrected chi connectivity index (χ1v) is 9.07. The molecule has 0 saturated heterocycles. The standard InChI is InChI=1S/C21H18N4O3/c1-28-13-5-6-16-12(8-13)9-15(21(27)24-16)14-10-19(26)22-11-17-20(14)25-7-3-2-4-18(25)23-17/h2-9,14H,10-11H2,1H3,(H,22,26)(H,24,27). The minimum Gasteiger partial charge on any atom is -0.497 e. The fourth-order valence-electron chi connectivity index (χ4n) is 3.94. The summed E-state index contributed by atoms with van der Waals surface area (Å²) in [5.74, 6) is 0.215. The van der Waals surface area contributed by atoms with E-state index < -0.39 is 5.92 Å². The van der Waals surface area contributed by atoms with Gasteiger partial charge in [-0.15, -0.1) is 0 Å². The largest absolute Gasteiger partial charge is 0.497 e. The van der Waals surface area contributed by atoms with Crippen LogP contribution in [0.15, 0.2) is 53.5 Å². The number of fused-ring (bicyclic) bond motifs is 4. The van der Waals surface area contributed by atoms with Crippen LogP contribution in [-0.2, 0) is 11.3 Å². The van der Waals surface area contributed by atoms with Crippen molar-refractivity contribution in [3.8, 4) is 5.75 Å². The Hall–Kier alpha value is -3.61. The summed E-state index contributed by atoms with van der Waals surface area (Å²) in [7, 11) is 1.61. The van der Waals surface area contributed by atoms with Crippen LogP contribution in [-0.4, -0.2) is 27.4 Å². The molecule has 140 valence electrons. The van der Waals surface area contributed by atoms with Crippen molar-refractivity contribution in [3.05, 3.63) is 76.0 Å². The minimum atomic E-state index is -0.394. The summed E-state index contributed by atoms with van der Waals surface area (Å²) in [4.78, 5) is 32.9. The average molecular weight is 374 g/mol. The number of nitrogens with one attached hydrogen (secondary N) is 2. The van der Waals surface area contributed by atoms with Gasteiger partial charge in [-0.25, -0.2) is 4.98 Å². The van der Waals surface area contributed by atoms with Gasteiger partial charge >= 0.3 is 0 Å². The van der Waals surface area contributed by atoms with Crippen molar-refractivity contribution in [1.29, 1.82) is 0 Å². The highest BCUT2D eigenvalue weighted by molar-refractivity contribution is 5.82. The van der Waals surface area contributed by atoms with E-state index in [0.717, 1.165) is 27.9 Å². The number of methoxy groups -OCH3 is 1. The number of rotatable bonds is 2. The quantitative estimate of drug-likeness (QED) is 0.564. The van der Waals surface area contributed by atoms with E-state index in [4.69, 9.17) is 4.74 Å². The van der Waals surface area contributed by atoms with Crippen LogP contribution >= 0.6 is 0 Å². The van der Waals surface area contributed by atoms with Gasteiger partial charge < -0.3 is 19.4 Å². The van der Waals surface area contributed by atoms with E-state index in [0.29, 0.717) is 17.9 Å². The molecule has 0 saturated carbocycles. The zero-order chi connectivity index (χ0) is 19.3. The second kappa shape index (κ2) is 6.23. The van der Waals surface area contributed by atoms with Gasteiger partial charge in [0.25, 0.3) is 5.56 Å². The molecule has 7 heteroatoms. The molecule has 1 aliphatic rings. The van der Waals surface area contributed by atoms with Gasteiger partial charge in [0, 0.05) is 35.0 Å². The van der Waals surface area contributed by atoms with Crippen molar-refractivity contribution in [2.24, 2.45) is 0 Å². The van der Waals surface area contributed by atoms with Gasteiger partial charge in [0.05, 0.1) is 25.0 Å². The number of amides is 1. The third-order valence-electron chi connectivity index (χ3n) is 5.27. The first-order valence-electron chi connectivity index (χ1n) is 9.07. The second-order valence-corrected chi connectivity index (χ2v) is 6.91. The molecule has 0 aliphatic carbocycles. The fourth-order valence-corrected chi connectivity index (χ4v) is 3.94. The van der Waals surface area contributed by atoms with Gasteiger partial charge in [-0.3, -0.25) is 9.59 Å². The third kappa shape index (κ3) is 2.55. The predicted octanol–water partition coefficient (Wildman–Crippen LogP) is 2.34. The Bertz CT molecular complexity index is 1290. The van der Waals surface area contributed by atoms with Crippen molar-refractivity contribution in [1.82, 2.24) is 19.7 Å². The molecule has 1 atom stereocenters. The molecule has 4 heterocycles. The van der Waals surface area contributed by atoms with E-state index in [9.17, 15) is 9.59 Å². The number of benzene rings is 1. The molecule has 4 aromatic rings. The molecule has 0 spiro atoms. The molecule has 28 heavy (non-hydrogen) atoms. The summed E-state index contributed by atoms with van der Waals surface area (Å²) in [6.45, 7) is 0.353. The van der Waals surface area contributed by atoms with Crippen LogP contribution in [0, 0.1) is 0 Å². The highest BCUT2D eigenvalue weighted by atomic mass is 16.5. The zero-order valence-electron chi connectivity index (χ0n) is 15.2. The first-order chi connectivity index (χ1) is 13.6. The molecule has 5 rings (SSSR count). The fraction of sp³-hybridized carbons (Fsp3) is 0.190. The van der Waals surface area contributed by atoms with Gasteiger partial charge in [0.2, 0.25) is 5.91 Å². The highest BCUT2D eigenvalue weighted by Gasteiger charge is 2.30. The normalized spacial score (nSPS) is 16.6. The number of carbonyl (C=O) groups excluding carboxylic acids is 1. The molecular formula is C21H18N4O3. The molecule has 3 aromatic heterocycles. The van der Waals surface area contributed by atoms with E-state index in [2.05, 4.69) is 15.3 Å². The number of nitrogens with zero attached hydrogens (tertiary/aromatic N) is 2. The first kappa shape index (κ1) is 16.6. The summed E-state index contributed by atoms with van der Waals surface area (Å²) in [5.41, 5.74) is 3.53. The Kier molecular flexibility index (Phi) is 3.68. The lowest BCUT2D eigenvalue weighted by Gasteiger charge is -2.16. The summed E-state index contributed by atoms with van der Waals surface area (Å²) in [6, 6.07) is 13.1. The lowest BCUT2D eigenvalue weighted by atomic mass is 9.91. The maximum Gasteiger partial charge on any atom is 0.252 e. The van der Waals surface area contributed by atoms with E-state index in [1.165, 1.54) is 0 Å². The number of imidazole rings is 1. The van der Waals surface area contributed by atoms with Gasteiger partial charge in [-0.2, -0.15) is 0 Å². The Morgan fingerprint density at radius 1 is 1.18 bits per heavy atom. The van der Waals surface area contributed by atoms with Crippen molar-refractivity contribution >= 4 is 22.5 Å². The van der Waals surface area contributed by atoms with Crippen LogP contribution in [0.4, 0.5) is 0 Å². The lowest BCUT2D eigenvalue weighted by molar-refractivity contribution is -0.121. The van der Waals surface area contributed by atoms with Gasteiger partial charge in [-0.1, -0.05) is 6.07 Å². The number of H-pyrrole nitrogens is 1. The van der Waals surface area contributed by atoms with E-state index in [1.54, 1.807) is 13.2 Å². The van der Waals surface area contributed by atoms with Crippen LogP contribution in [0.2, 0.25) is 0 Å². The molecule has 7 nitrogen and oxygen atoms in total. The van der Waals surface area contributed by atoms with Gasteiger partial charge in [-0.05, 0) is 36.4 Å². The third-order valence-corrected chi connectivity index (χ3v) is 5.27. The number of aromatic amines is 1. The van der Waals surface area contributed by atoms with E-state index in [1.807, 2.05) is 47.0 Å². The molecule has 0 fully saturated rings. The molecule has 2 N–H and O–H groups in total. The summed E-state index contributed by atoms with van der Waals surface area (Å²) >= 11 is 0. The monoisotopic (exact) mass is 374 g/mol. The summed E-state index contributed by atoms with van der Waals surface area (Å²) < 4.78 is 7.27. The van der Waals surface area contributed by atoms with Crippen LogP contribution in [0.5, 0.6) is 5.75 Å². The Balaban J connectivity index is 1.77. The minimum absolute atomic E-state index is 0.0992. The molecule has 1 amide bonds. The lowest BCUT2D eigenvalue weighted by Crippen LogP contribution is -2.24. The van der Waals surface area contributed by atoms with Crippen molar-refractivity contribution in [3.63, 3.8) is 0 Å². The molecule has 1 aromatic carbocycles. The number of ether oxygens (including phenoxy) is 1. The van der Waals surface area contributed by atoms with Crippen molar-refractivity contribution < 1.29 is 9.53 Å². The van der Waals surface area contributed by atoms with E-state index >= 15 is 0 Å². The maximum atomic E-state index is 12.9. The van der Waals surface area contributed by atoms with Gasteiger partial charge in [0.1, 0.15) is 11.4 Å². The number of pyridine rings is 2. The number of hydrogen-bond acceptors (Lipinski definition) is 4. The Morgan fingerprint density at radius 2 is 2.07 bits per heavy atom. The van der Waals surface area contributed by atoms with Crippen molar-refractivity contribution in [2.75, 3.05) is 7.11 Å². The van der Waals surface area contributed by atoms with E-state index in [-0.39, 0.29) is 17.9 Å². The average Bonchev–Trinajstić information content (AvgIpc) is 3.00. The molecule has 0 radical (unpaired) electrons. The molecule has 1 aliphatic heterocycles. The van der Waals surface area contributed by atoms with Crippen LogP contribution in [0.25, 0.3) is 16.6 Å². The smallest absolute Gasteiger partial charge is 0.252 e.